The summed E-state index contributed by atoms with van der Waals surface area (Å²) in [5, 5.41) is 0. The minimum atomic E-state index is -4.92. The van der Waals surface area contributed by atoms with Crippen molar-refractivity contribution in [3.8, 4) is 11.5 Å². The van der Waals surface area contributed by atoms with Crippen LogP contribution in [0.15, 0.2) is 30.3 Å². The number of hydrogen-bond donors (Lipinski definition) is 0. The molecule has 0 saturated heterocycles. The Morgan fingerprint density at radius 1 is 0.933 bits per heavy atom. The van der Waals surface area contributed by atoms with Gasteiger partial charge in [-0.2, -0.15) is 26.3 Å². The lowest BCUT2D eigenvalue weighted by atomic mass is 10.1. The van der Waals surface area contributed by atoms with Crippen LogP contribution in [0.2, 0.25) is 0 Å². The van der Waals surface area contributed by atoms with Gasteiger partial charge in [-0.25, -0.2) is 4.39 Å². The average Bonchev–Trinajstić information content (AvgIpc) is 2.64. The third-order valence-electron chi connectivity index (χ3n) is 4.16. The van der Waals surface area contributed by atoms with Crippen LogP contribution in [-0.2, 0) is 30.2 Å². The summed E-state index contributed by atoms with van der Waals surface area (Å²) in [4.78, 5) is 11.5. The zero-order chi connectivity index (χ0) is 22.7. The Hall–Kier alpha value is -2.78. The third-order valence-corrected chi connectivity index (χ3v) is 4.16. The maximum Gasteiger partial charge on any atom is 0.419 e. The molecule has 0 saturated carbocycles. The van der Waals surface area contributed by atoms with Gasteiger partial charge in [0.1, 0.15) is 23.9 Å². The molecule has 0 radical (unpaired) electrons. The first-order chi connectivity index (χ1) is 13.9. The number of carbonyl (C=O) groups excluding carboxylic acids is 1. The molecular formula is C20H17F7O3. The van der Waals surface area contributed by atoms with Crippen LogP contribution in [0, 0.1) is 5.82 Å². The molecule has 2 aromatic rings. The Bertz CT molecular complexity index is 918. The summed E-state index contributed by atoms with van der Waals surface area (Å²) < 4.78 is 104. The Morgan fingerprint density at radius 3 is 2.10 bits per heavy atom. The van der Waals surface area contributed by atoms with Crippen LogP contribution in [0.4, 0.5) is 30.7 Å². The molecule has 0 atom stereocenters. The van der Waals surface area contributed by atoms with Gasteiger partial charge in [0, 0.05) is 18.1 Å². The predicted octanol–water partition coefficient (Wildman–Crippen LogP) is 6.32. The quantitative estimate of drug-likeness (QED) is 0.301. The fourth-order valence-electron chi connectivity index (χ4n) is 2.63. The van der Waals surface area contributed by atoms with Crippen molar-refractivity contribution in [1.29, 1.82) is 0 Å². The Labute approximate surface area is 167 Å². The molecule has 30 heavy (non-hydrogen) atoms. The molecule has 2 rings (SSSR count). The molecule has 2 aromatic carbocycles. The zero-order valence-corrected chi connectivity index (χ0v) is 15.9. The van der Waals surface area contributed by atoms with Crippen molar-refractivity contribution in [3.63, 3.8) is 0 Å². The number of aryl methyl sites for hydroxylation is 1. The van der Waals surface area contributed by atoms with Crippen molar-refractivity contribution in [2.24, 2.45) is 0 Å². The van der Waals surface area contributed by atoms with E-state index in [-0.39, 0.29) is 18.4 Å². The second-order valence-corrected chi connectivity index (χ2v) is 6.19. The van der Waals surface area contributed by atoms with Gasteiger partial charge in [-0.05, 0) is 30.2 Å². The van der Waals surface area contributed by atoms with Crippen molar-refractivity contribution in [2.75, 3.05) is 0 Å². The van der Waals surface area contributed by atoms with Crippen molar-refractivity contribution in [2.45, 2.75) is 45.6 Å². The molecule has 0 heterocycles. The minimum absolute atomic E-state index is 0.0246. The lowest BCUT2D eigenvalue weighted by molar-refractivity contribution is -0.141. The van der Waals surface area contributed by atoms with Crippen LogP contribution < -0.4 is 9.47 Å². The molecule has 164 valence electrons. The van der Waals surface area contributed by atoms with E-state index in [4.69, 9.17) is 9.47 Å². The van der Waals surface area contributed by atoms with Crippen molar-refractivity contribution in [3.05, 3.63) is 58.4 Å². The Balaban J connectivity index is 2.51. The fraction of sp³-hybridized carbons (Fsp3) is 0.350. The number of halogens is 7. The lowest BCUT2D eigenvalue weighted by Crippen LogP contribution is -2.16. The van der Waals surface area contributed by atoms with E-state index in [1.54, 1.807) is 0 Å². The number of rotatable bonds is 6. The molecule has 3 nitrogen and oxygen atoms in total. The molecule has 0 bridgehead atoms. The van der Waals surface area contributed by atoms with Crippen LogP contribution in [0.3, 0.4) is 0 Å². The normalized spacial score (nSPS) is 12.0. The first kappa shape index (κ1) is 23.5. The summed E-state index contributed by atoms with van der Waals surface area (Å²) >= 11 is 0. The van der Waals surface area contributed by atoms with Gasteiger partial charge in [-0.3, -0.25) is 4.79 Å². The number of benzene rings is 2. The molecule has 0 aliphatic carbocycles. The first-order valence-corrected chi connectivity index (χ1v) is 8.80. The molecular weight excluding hydrogens is 421 g/mol. The molecule has 0 aliphatic heterocycles. The maximum absolute atomic E-state index is 14.0. The van der Waals surface area contributed by atoms with Crippen molar-refractivity contribution >= 4 is 5.97 Å². The molecule has 0 aromatic heterocycles. The van der Waals surface area contributed by atoms with Crippen LogP contribution in [0.5, 0.6) is 11.5 Å². The predicted molar refractivity (Wildman–Crippen MR) is 92.5 cm³/mol. The summed E-state index contributed by atoms with van der Waals surface area (Å²) in [5.41, 5.74) is -3.47. The van der Waals surface area contributed by atoms with E-state index in [1.165, 1.54) is 13.8 Å². The third kappa shape index (κ3) is 5.43. The van der Waals surface area contributed by atoms with Crippen LogP contribution >= 0.6 is 0 Å². The van der Waals surface area contributed by atoms with E-state index < -0.39 is 58.9 Å². The molecule has 0 amide bonds. The summed E-state index contributed by atoms with van der Waals surface area (Å²) in [5.74, 6) is -3.30. The number of alkyl halides is 6. The summed E-state index contributed by atoms with van der Waals surface area (Å²) in [6.07, 6.45) is -9.98. The highest BCUT2D eigenvalue weighted by Gasteiger charge is 2.37. The Kier molecular flexibility index (Phi) is 6.99. The summed E-state index contributed by atoms with van der Waals surface area (Å²) in [6, 6.07) is 3.76. The maximum atomic E-state index is 14.0. The number of ether oxygens (including phenoxy) is 2. The highest BCUT2D eigenvalue weighted by atomic mass is 19.4. The van der Waals surface area contributed by atoms with Gasteiger partial charge in [0.05, 0.1) is 11.1 Å². The largest absolute Gasteiger partial charge is 0.488 e. The Morgan fingerprint density at radius 2 is 1.57 bits per heavy atom. The van der Waals surface area contributed by atoms with Gasteiger partial charge >= 0.3 is 18.3 Å². The van der Waals surface area contributed by atoms with E-state index in [9.17, 15) is 35.5 Å². The van der Waals surface area contributed by atoms with E-state index in [0.717, 1.165) is 12.1 Å². The first-order valence-electron chi connectivity index (χ1n) is 8.80. The molecule has 0 fully saturated rings. The van der Waals surface area contributed by atoms with Crippen molar-refractivity contribution < 1.29 is 45.0 Å². The van der Waals surface area contributed by atoms with Crippen LogP contribution in [0.1, 0.15) is 42.5 Å². The van der Waals surface area contributed by atoms with E-state index in [0.29, 0.717) is 18.2 Å². The van der Waals surface area contributed by atoms with E-state index >= 15 is 0 Å². The van der Waals surface area contributed by atoms with Gasteiger partial charge in [0.2, 0.25) is 0 Å². The highest BCUT2D eigenvalue weighted by molar-refractivity contribution is 5.72. The van der Waals surface area contributed by atoms with Gasteiger partial charge in [0.15, 0.2) is 0 Å². The molecule has 0 N–H and O–H groups in total. The summed E-state index contributed by atoms with van der Waals surface area (Å²) in [6.45, 7) is 1.84. The zero-order valence-electron chi connectivity index (χ0n) is 15.9. The second kappa shape index (κ2) is 8.93. The molecule has 0 aliphatic rings. The SMILES string of the molecule is CCC(=O)Oc1cccc(C(F)(F)F)c1COc1cc(F)c(CC)cc1C(F)(F)F. The molecule has 0 spiro atoms. The smallest absolute Gasteiger partial charge is 0.419 e. The van der Waals surface area contributed by atoms with Gasteiger partial charge < -0.3 is 9.47 Å². The van der Waals surface area contributed by atoms with Crippen molar-refractivity contribution in [1.82, 2.24) is 0 Å². The van der Waals surface area contributed by atoms with E-state index in [1.807, 2.05) is 0 Å². The fourth-order valence-corrected chi connectivity index (χ4v) is 2.63. The summed E-state index contributed by atoms with van der Waals surface area (Å²) in [7, 11) is 0. The second-order valence-electron chi connectivity index (χ2n) is 6.19. The highest BCUT2D eigenvalue weighted by Crippen LogP contribution is 2.40. The molecule has 10 heteroatoms. The van der Waals surface area contributed by atoms with Gasteiger partial charge in [0.25, 0.3) is 0 Å². The standard InChI is InChI=1S/C20H17F7O3/c1-3-11-8-14(20(25,26)27)17(9-15(11)21)29-10-12-13(19(22,23)24)6-5-7-16(12)30-18(28)4-2/h5-9H,3-4,10H2,1-2H3. The minimum Gasteiger partial charge on any atom is -0.488 e. The molecule has 0 unspecified atom stereocenters. The van der Waals surface area contributed by atoms with Gasteiger partial charge in [-0.15, -0.1) is 0 Å². The van der Waals surface area contributed by atoms with E-state index in [2.05, 4.69) is 0 Å². The number of carbonyl (C=O) groups is 1. The number of esters is 1. The topological polar surface area (TPSA) is 35.5 Å². The van der Waals surface area contributed by atoms with Gasteiger partial charge in [-0.1, -0.05) is 19.9 Å². The van der Waals surface area contributed by atoms with Crippen LogP contribution in [-0.4, -0.2) is 5.97 Å². The lowest BCUT2D eigenvalue weighted by Gasteiger charge is -2.19. The number of hydrogen-bond acceptors (Lipinski definition) is 3. The van der Waals surface area contributed by atoms with Crippen LogP contribution in [0.25, 0.3) is 0 Å². The average molecular weight is 438 g/mol. The monoisotopic (exact) mass is 438 g/mol.